The van der Waals surface area contributed by atoms with E-state index in [2.05, 4.69) is 12.1 Å². The highest BCUT2D eigenvalue weighted by molar-refractivity contribution is 5.72. The maximum absolute atomic E-state index is 11.2. The van der Waals surface area contributed by atoms with Gasteiger partial charge in [-0.25, -0.2) is 4.79 Å². The van der Waals surface area contributed by atoms with Gasteiger partial charge in [0.1, 0.15) is 0 Å². The zero-order chi connectivity index (χ0) is 10.3. The molecule has 15 heavy (non-hydrogen) atoms. The van der Waals surface area contributed by atoms with Gasteiger partial charge in [-0.2, -0.15) is 0 Å². The second kappa shape index (κ2) is 3.09. The van der Waals surface area contributed by atoms with E-state index in [1.54, 1.807) is 12.3 Å². The summed E-state index contributed by atoms with van der Waals surface area (Å²) >= 11 is 0. The summed E-state index contributed by atoms with van der Waals surface area (Å²) in [4.78, 5) is 11.2. The van der Waals surface area contributed by atoms with E-state index in [4.69, 9.17) is 4.42 Å². The van der Waals surface area contributed by atoms with Crippen LogP contribution >= 0.6 is 0 Å². The Balaban J connectivity index is 2.33. The van der Waals surface area contributed by atoms with Crippen molar-refractivity contribution in [2.75, 3.05) is 0 Å². The summed E-state index contributed by atoms with van der Waals surface area (Å²) in [6.07, 6.45) is 3.57. The van der Waals surface area contributed by atoms with Crippen LogP contribution in [0.5, 0.6) is 0 Å². The minimum Gasteiger partial charge on any atom is -0.431 e. The molecule has 1 heterocycles. The Kier molecular flexibility index (Phi) is 1.75. The van der Waals surface area contributed by atoms with Crippen LogP contribution in [0.2, 0.25) is 0 Å². The molecule has 0 atom stereocenters. The van der Waals surface area contributed by atoms with Crippen molar-refractivity contribution in [1.82, 2.24) is 0 Å². The lowest BCUT2D eigenvalue weighted by atomic mass is 9.87. The first-order valence-electron chi connectivity index (χ1n) is 5.04. The van der Waals surface area contributed by atoms with Crippen LogP contribution in [0.1, 0.15) is 11.1 Å². The van der Waals surface area contributed by atoms with E-state index < -0.39 is 0 Å². The molecule has 0 saturated heterocycles. The van der Waals surface area contributed by atoms with Gasteiger partial charge < -0.3 is 4.42 Å². The van der Waals surface area contributed by atoms with Crippen LogP contribution in [0.25, 0.3) is 11.1 Å². The lowest BCUT2D eigenvalue weighted by Crippen LogP contribution is -2.07. The highest BCUT2D eigenvalue weighted by atomic mass is 16.4. The van der Waals surface area contributed by atoms with Gasteiger partial charge in [0.15, 0.2) is 0 Å². The third-order valence-corrected chi connectivity index (χ3v) is 2.90. The Morgan fingerprint density at radius 1 is 1.00 bits per heavy atom. The van der Waals surface area contributed by atoms with Crippen molar-refractivity contribution in [2.45, 2.75) is 12.8 Å². The average Bonchev–Trinajstić information content (AvgIpc) is 2.29. The number of hydrogen-bond donors (Lipinski definition) is 0. The molecule has 0 bridgehead atoms. The highest BCUT2D eigenvalue weighted by Crippen LogP contribution is 2.31. The number of aryl methyl sites for hydroxylation is 2. The van der Waals surface area contributed by atoms with Crippen molar-refractivity contribution in [1.29, 1.82) is 0 Å². The number of hydrogen-bond acceptors (Lipinski definition) is 2. The summed E-state index contributed by atoms with van der Waals surface area (Å²) in [5, 5.41) is 0. The van der Waals surface area contributed by atoms with Gasteiger partial charge in [0.2, 0.25) is 0 Å². The topological polar surface area (TPSA) is 30.2 Å². The quantitative estimate of drug-likeness (QED) is 0.650. The first-order valence-corrected chi connectivity index (χ1v) is 5.04. The van der Waals surface area contributed by atoms with Gasteiger partial charge in [0, 0.05) is 6.07 Å². The summed E-state index contributed by atoms with van der Waals surface area (Å²) in [6.45, 7) is 0. The fraction of sp³-hybridized carbons (Fsp3) is 0.154. The molecule has 3 rings (SSSR count). The Morgan fingerprint density at radius 2 is 1.80 bits per heavy atom. The van der Waals surface area contributed by atoms with E-state index in [1.807, 2.05) is 12.1 Å². The van der Waals surface area contributed by atoms with Gasteiger partial charge in [-0.3, -0.25) is 0 Å². The maximum atomic E-state index is 11.2. The molecule has 2 nitrogen and oxygen atoms in total. The van der Waals surface area contributed by atoms with Gasteiger partial charge in [-0.1, -0.05) is 24.3 Å². The molecule has 0 aliphatic heterocycles. The standard InChI is InChI=1S/C13H10O2/c14-13-7-12-10(8-15-13)6-5-9-3-1-2-4-11(9)12/h1-4,7-8H,5-6H2. The molecule has 1 aliphatic rings. The highest BCUT2D eigenvalue weighted by Gasteiger charge is 2.16. The largest absolute Gasteiger partial charge is 0.431 e. The van der Waals surface area contributed by atoms with Crippen molar-refractivity contribution in [3.63, 3.8) is 0 Å². The van der Waals surface area contributed by atoms with Crippen LogP contribution in [0.4, 0.5) is 0 Å². The molecule has 2 aromatic rings. The minimum absolute atomic E-state index is 0.273. The molecule has 0 spiro atoms. The molecule has 2 heteroatoms. The lowest BCUT2D eigenvalue weighted by Gasteiger charge is -2.17. The lowest BCUT2D eigenvalue weighted by molar-refractivity contribution is 0.503. The molecule has 1 aromatic heterocycles. The van der Waals surface area contributed by atoms with Crippen LogP contribution in [0, 0.1) is 0 Å². The van der Waals surface area contributed by atoms with Crippen molar-refractivity contribution in [3.8, 4) is 11.1 Å². The Morgan fingerprint density at radius 3 is 2.73 bits per heavy atom. The Bertz CT molecular complexity index is 567. The molecule has 1 aromatic carbocycles. The van der Waals surface area contributed by atoms with Gasteiger partial charge in [0.25, 0.3) is 0 Å². The summed E-state index contributed by atoms with van der Waals surface area (Å²) in [5.74, 6) is 0. The second-order valence-corrected chi connectivity index (χ2v) is 3.80. The average molecular weight is 198 g/mol. The van der Waals surface area contributed by atoms with Gasteiger partial charge in [0.05, 0.1) is 6.26 Å². The fourth-order valence-electron chi connectivity index (χ4n) is 2.15. The minimum atomic E-state index is -0.273. The molecule has 74 valence electrons. The first-order chi connectivity index (χ1) is 7.34. The van der Waals surface area contributed by atoms with E-state index in [0.29, 0.717) is 0 Å². The molecule has 0 amide bonds. The monoisotopic (exact) mass is 198 g/mol. The molecule has 0 saturated carbocycles. The zero-order valence-electron chi connectivity index (χ0n) is 8.19. The van der Waals surface area contributed by atoms with Crippen LogP contribution in [0.15, 0.2) is 45.8 Å². The summed E-state index contributed by atoms with van der Waals surface area (Å²) in [6, 6.07) is 9.81. The van der Waals surface area contributed by atoms with Crippen molar-refractivity contribution in [3.05, 3.63) is 58.1 Å². The van der Waals surface area contributed by atoms with Crippen LogP contribution < -0.4 is 5.63 Å². The molecular formula is C13H10O2. The van der Waals surface area contributed by atoms with E-state index in [1.165, 1.54) is 11.1 Å². The molecule has 0 radical (unpaired) electrons. The second-order valence-electron chi connectivity index (χ2n) is 3.80. The number of fused-ring (bicyclic) bond motifs is 3. The van der Waals surface area contributed by atoms with Crippen molar-refractivity contribution >= 4 is 0 Å². The maximum Gasteiger partial charge on any atom is 0.336 e. The smallest absolute Gasteiger partial charge is 0.336 e. The third-order valence-electron chi connectivity index (χ3n) is 2.90. The summed E-state index contributed by atoms with van der Waals surface area (Å²) in [7, 11) is 0. The molecule has 0 N–H and O–H groups in total. The van der Waals surface area contributed by atoms with Crippen LogP contribution in [0.3, 0.4) is 0 Å². The predicted octanol–water partition coefficient (Wildman–Crippen LogP) is 2.41. The zero-order valence-corrected chi connectivity index (χ0v) is 8.19. The fourth-order valence-corrected chi connectivity index (χ4v) is 2.15. The molecule has 1 aliphatic carbocycles. The molecule has 0 unspecified atom stereocenters. The Hall–Kier alpha value is -1.83. The van der Waals surface area contributed by atoms with Crippen LogP contribution in [-0.4, -0.2) is 0 Å². The van der Waals surface area contributed by atoms with Crippen molar-refractivity contribution < 1.29 is 4.42 Å². The van der Waals surface area contributed by atoms with E-state index in [-0.39, 0.29) is 5.63 Å². The SMILES string of the molecule is O=c1cc2c(co1)CCc1ccccc1-2. The predicted molar refractivity (Wildman–Crippen MR) is 57.8 cm³/mol. The number of benzene rings is 1. The van der Waals surface area contributed by atoms with Crippen LogP contribution in [-0.2, 0) is 12.8 Å². The van der Waals surface area contributed by atoms with E-state index in [0.717, 1.165) is 24.0 Å². The Labute approximate surface area is 87.2 Å². The summed E-state index contributed by atoms with van der Waals surface area (Å²) < 4.78 is 4.88. The summed E-state index contributed by atoms with van der Waals surface area (Å²) in [5.41, 5.74) is 4.38. The molecule has 0 fully saturated rings. The first kappa shape index (κ1) is 8.48. The van der Waals surface area contributed by atoms with Crippen molar-refractivity contribution in [2.24, 2.45) is 0 Å². The van der Waals surface area contributed by atoms with Gasteiger partial charge >= 0.3 is 5.63 Å². The molecular weight excluding hydrogens is 188 g/mol. The van der Waals surface area contributed by atoms with E-state index >= 15 is 0 Å². The number of rotatable bonds is 0. The van der Waals surface area contributed by atoms with E-state index in [9.17, 15) is 4.79 Å². The van der Waals surface area contributed by atoms with Gasteiger partial charge in [-0.05, 0) is 35.1 Å². The van der Waals surface area contributed by atoms with Gasteiger partial charge in [-0.15, -0.1) is 0 Å². The normalized spacial score (nSPS) is 13.1. The third kappa shape index (κ3) is 1.30.